The van der Waals surface area contributed by atoms with Crippen molar-refractivity contribution in [1.82, 2.24) is 10.3 Å². The molecule has 12 heteroatoms. The SMILES string of the molecule is COc1ccc(-c2oc3c(c2CC(=O)NCc2csc(C)n2)C(=O)[C@@]2(Oc4c(Cl)c(OC)cc(OC)c4C2=O)[C@H](C)C3)cc1. The van der Waals surface area contributed by atoms with E-state index in [0.29, 0.717) is 28.4 Å². The Morgan fingerprint density at radius 1 is 1.09 bits per heavy atom. The van der Waals surface area contributed by atoms with Crippen molar-refractivity contribution in [1.29, 1.82) is 0 Å². The number of thiazole rings is 1. The zero-order valence-electron chi connectivity index (χ0n) is 24.7. The molecule has 0 unspecified atom stereocenters. The number of rotatable bonds is 8. The number of ether oxygens (including phenoxy) is 4. The van der Waals surface area contributed by atoms with Gasteiger partial charge in [0.2, 0.25) is 23.1 Å². The lowest BCUT2D eigenvalue weighted by Crippen LogP contribution is -2.56. The quantitative estimate of drug-likeness (QED) is 0.245. The summed E-state index contributed by atoms with van der Waals surface area (Å²) in [7, 11) is 4.40. The highest BCUT2D eigenvalue weighted by molar-refractivity contribution is 7.09. The molecule has 44 heavy (non-hydrogen) atoms. The molecule has 2 aliphatic rings. The average molecular weight is 637 g/mol. The first-order valence-electron chi connectivity index (χ1n) is 13.8. The van der Waals surface area contributed by atoms with E-state index in [4.69, 9.17) is 35.0 Å². The molecule has 0 bridgehead atoms. The Morgan fingerprint density at radius 2 is 1.80 bits per heavy atom. The summed E-state index contributed by atoms with van der Waals surface area (Å²) in [4.78, 5) is 46.6. The lowest BCUT2D eigenvalue weighted by molar-refractivity contribution is -0.120. The number of aryl methyl sites for hydroxylation is 1. The molecule has 6 rings (SSSR count). The molecule has 0 radical (unpaired) electrons. The summed E-state index contributed by atoms with van der Waals surface area (Å²) in [5, 5.41) is 5.71. The first-order chi connectivity index (χ1) is 21.1. The number of methoxy groups -OCH3 is 3. The number of hydrogen-bond donors (Lipinski definition) is 1. The largest absolute Gasteiger partial charge is 0.497 e. The number of hydrogen-bond acceptors (Lipinski definition) is 10. The summed E-state index contributed by atoms with van der Waals surface area (Å²) in [5.41, 5.74) is 0.0115. The standard InChI is InChI=1S/C32H29ClN2O8S/c1-15-10-22-25(30(37)32(15)31(38)26-21(40-4)12-23(41-5)27(33)29(26)43-32)20(11-24(36)34-13-18-14-44-16(2)35-18)28(42-22)17-6-8-19(39-3)9-7-17/h6-9,12,14-15H,10-11,13H2,1-5H3,(H,34,36)/t15-,32+/m1/s1. The summed E-state index contributed by atoms with van der Waals surface area (Å²) in [6.45, 7) is 3.87. The minimum absolute atomic E-state index is 0.0215. The van der Waals surface area contributed by atoms with Gasteiger partial charge in [-0.25, -0.2) is 4.98 Å². The molecule has 0 saturated carbocycles. The molecule has 228 valence electrons. The van der Waals surface area contributed by atoms with Gasteiger partial charge in [0.25, 0.3) is 0 Å². The molecule has 2 aromatic carbocycles. The van der Waals surface area contributed by atoms with E-state index in [1.807, 2.05) is 12.3 Å². The van der Waals surface area contributed by atoms with Gasteiger partial charge >= 0.3 is 0 Å². The highest BCUT2D eigenvalue weighted by Gasteiger charge is 2.63. The second-order valence-electron chi connectivity index (χ2n) is 10.6. The fourth-order valence-corrected chi connectivity index (χ4v) is 6.75. The lowest BCUT2D eigenvalue weighted by atomic mass is 9.70. The number of benzene rings is 2. The Kier molecular flexibility index (Phi) is 7.63. The Balaban J connectivity index is 1.44. The van der Waals surface area contributed by atoms with Crippen LogP contribution in [0.5, 0.6) is 23.0 Å². The van der Waals surface area contributed by atoms with E-state index in [2.05, 4.69) is 10.3 Å². The van der Waals surface area contributed by atoms with Gasteiger partial charge in [0, 0.05) is 34.9 Å². The Labute approximate surface area is 262 Å². The predicted octanol–water partition coefficient (Wildman–Crippen LogP) is 5.64. The van der Waals surface area contributed by atoms with Crippen molar-refractivity contribution in [3.05, 3.63) is 73.9 Å². The molecule has 0 fully saturated rings. The zero-order chi connectivity index (χ0) is 31.3. The number of carbonyl (C=O) groups excluding carboxylic acids is 3. The number of Topliss-reactive ketones (excluding diaryl/α,β-unsaturated/α-hetero) is 2. The minimum atomic E-state index is -1.94. The van der Waals surface area contributed by atoms with Crippen LogP contribution in [-0.4, -0.2) is 49.4 Å². The van der Waals surface area contributed by atoms with Gasteiger partial charge in [-0.15, -0.1) is 11.3 Å². The maximum atomic E-state index is 14.6. The van der Waals surface area contributed by atoms with Crippen molar-refractivity contribution in [3.63, 3.8) is 0 Å². The molecule has 0 saturated heterocycles. The molecule has 4 aromatic rings. The molecule has 1 aliphatic carbocycles. The number of nitrogens with zero attached hydrogens (tertiary/aromatic N) is 1. The highest BCUT2D eigenvalue weighted by Crippen LogP contribution is 2.54. The fraction of sp³-hybridized carbons (Fsp3) is 0.312. The zero-order valence-corrected chi connectivity index (χ0v) is 26.2. The first kappa shape index (κ1) is 29.7. The van der Waals surface area contributed by atoms with Gasteiger partial charge in [-0.1, -0.05) is 18.5 Å². The molecule has 10 nitrogen and oxygen atoms in total. The van der Waals surface area contributed by atoms with E-state index in [1.165, 1.54) is 31.6 Å². The monoisotopic (exact) mass is 636 g/mol. The van der Waals surface area contributed by atoms with Crippen LogP contribution in [-0.2, 0) is 24.2 Å². The topological polar surface area (TPSA) is 126 Å². The van der Waals surface area contributed by atoms with Crippen LogP contribution in [0.2, 0.25) is 5.02 Å². The normalized spacial score (nSPS) is 18.5. The van der Waals surface area contributed by atoms with Crippen molar-refractivity contribution >= 4 is 40.4 Å². The Morgan fingerprint density at radius 3 is 2.43 bits per heavy atom. The van der Waals surface area contributed by atoms with Gasteiger partial charge in [-0.05, 0) is 31.2 Å². The van der Waals surface area contributed by atoms with Crippen molar-refractivity contribution < 1.29 is 37.7 Å². The van der Waals surface area contributed by atoms with Crippen molar-refractivity contribution in [2.75, 3.05) is 21.3 Å². The van der Waals surface area contributed by atoms with E-state index < -0.39 is 23.1 Å². The van der Waals surface area contributed by atoms with E-state index in [1.54, 1.807) is 38.3 Å². The van der Waals surface area contributed by atoms with Crippen LogP contribution in [0.1, 0.15) is 49.7 Å². The summed E-state index contributed by atoms with van der Waals surface area (Å²) in [5.74, 6) is -0.355. The van der Waals surface area contributed by atoms with Gasteiger partial charge in [0.1, 0.15) is 39.4 Å². The molecule has 1 N–H and O–H groups in total. The molecule has 2 aromatic heterocycles. The lowest BCUT2D eigenvalue weighted by Gasteiger charge is -2.35. The van der Waals surface area contributed by atoms with Gasteiger partial charge in [-0.2, -0.15) is 0 Å². The second kappa shape index (κ2) is 11.3. The number of fused-ring (bicyclic) bond motifs is 2. The van der Waals surface area contributed by atoms with E-state index >= 15 is 0 Å². The van der Waals surface area contributed by atoms with Gasteiger partial charge in [0.05, 0.1) is 50.6 Å². The summed E-state index contributed by atoms with van der Waals surface area (Å²) >= 11 is 8.08. The predicted molar refractivity (Wildman–Crippen MR) is 163 cm³/mol. The van der Waals surface area contributed by atoms with Crippen LogP contribution in [0.25, 0.3) is 11.3 Å². The number of aromatic nitrogens is 1. The molecule has 3 heterocycles. The fourth-order valence-electron chi connectivity index (χ4n) is 5.88. The summed E-state index contributed by atoms with van der Waals surface area (Å²) in [6.07, 6.45) is 0.0132. The van der Waals surface area contributed by atoms with E-state index in [9.17, 15) is 14.4 Å². The van der Waals surface area contributed by atoms with Crippen LogP contribution < -0.4 is 24.3 Å². The molecule has 2 atom stereocenters. The minimum Gasteiger partial charge on any atom is -0.497 e. The van der Waals surface area contributed by atoms with Crippen LogP contribution >= 0.6 is 22.9 Å². The van der Waals surface area contributed by atoms with Crippen LogP contribution in [0, 0.1) is 12.8 Å². The molecular weight excluding hydrogens is 608 g/mol. The Bertz CT molecular complexity index is 1810. The third-order valence-corrected chi connectivity index (χ3v) is 9.25. The van der Waals surface area contributed by atoms with Gasteiger partial charge in [-0.3, -0.25) is 14.4 Å². The van der Waals surface area contributed by atoms with Gasteiger partial charge < -0.3 is 28.7 Å². The Hall–Kier alpha value is -4.35. The van der Waals surface area contributed by atoms with Crippen LogP contribution in [0.3, 0.4) is 0 Å². The molecule has 1 aliphatic heterocycles. The number of halogens is 1. The number of carbonyl (C=O) groups is 3. The number of furan rings is 1. The first-order valence-corrected chi connectivity index (χ1v) is 15.1. The maximum Gasteiger partial charge on any atom is 0.237 e. The molecule has 1 amide bonds. The average Bonchev–Trinajstić information content (AvgIpc) is 3.70. The van der Waals surface area contributed by atoms with Crippen molar-refractivity contribution in [2.45, 2.75) is 38.8 Å². The van der Waals surface area contributed by atoms with Crippen molar-refractivity contribution in [2.24, 2.45) is 5.92 Å². The van der Waals surface area contributed by atoms with Crippen molar-refractivity contribution in [3.8, 4) is 34.3 Å². The maximum absolute atomic E-state index is 14.6. The van der Waals surface area contributed by atoms with Crippen LogP contribution in [0.4, 0.5) is 0 Å². The van der Waals surface area contributed by atoms with Gasteiger partial charge in [0.15, 0.2) is 5.75 Å². The number of amides is 1. The van der Waals surface area contributed by atoms with Crippen LogP contribution in [0.15, 0.2) is 40.1 Å². The highest BCUT2D eigenvalue weighted by atomic mass is 35.5. The smallest absolute Gasteiger partial charge is 0.237 e. The second-order valence-corrected chi connectivity index (χ2v) is 12.1. The van der Waals surface area contributed by atoms with E-state index in [0.717, 1.165) is 10.7 Å². The van der Waals surface area contributed by atoms with E-state index in [-0.39, 0.29) is 58.7 Å². The third-order valence-electron chi connectivity index (χ3n) is 8.07. The number of ketones is 2. The molecule has 1 spiro atoms. The summed E-state index contributed by atoms with van der Waals surface area (Å²) < 4.78 is 28.8. The number of nitrogens with one attached hydrogen (secondary N) is 1. The molecular formula is C32H29ClN2O8S. The summed E-state index contributed by atoms with van der Waals surface area (Å²) in [6, 6.07) is 8.59. The third kappa shape index (κ3) is 4.62.